The molecule has 0 unspecified atom stereocenters. The lowest BCUT2D eigenvalue weighted by atomic mass is 10.0. The second kappa shape index (κ2) is 15.4. The number of aromatic nitrogens is 2. The maximum atomic E-state index is 6.30. The number of hydrogen-bond donors (Lipinski definition) is 0. The van der Waals surface area contributed by atoms with E-state index in [9.17, 15) is 0 Å². The predicted molar refractivity (Wildman–Crippen MR) is 211 cm³/mol. The lowest BCUT2D eigenvalue weighted by Gasteiger charge is -2.10. The zero-order valence-corrected chi connectivity index (χ0v) is 32.5. The highest BCUT2D eigenvalue weighted by molar-refractivity contribution is 7.58. The third kappa shape index (κ3) is 6.97. The summed E-state index contributed by atoms with van der Waals surface area (Å²) in [5.74, 6) is 1.97. The number of benzene rings is 1. The second-order valence-electron chi connectivity index (χ2n) is 11.9. The van der Waals surface area contributed by atoms with Crippen molar-refractivity contribution in [3.05, 3.63) is 46.2 Å². The third-order valence-electron chi connectivity index (χ3n) is 8.23. The summed E-state index contributed by atoms with van der Waals surface area (Å²) in [6, 6.07) is 13.2. The van der Waals surface area contributed by atoms with Crippen LogP contribution in [0.1, 0.15) is 75.0 Å². The summed E-state index contributed by atoms with van der Waals surface area (Å²) in [6.45, 7) is 10.3. The number of aryl methyl sites for hydroxylation is 2. The van der Waals surface area contributed by atoms with Crippen molar-refractivity contribution in [1.29, 1.82) is 0 Å². The second-order valence-corrected chi connectivity index (χ2v) is 17.7. The largest absolute Gasteiger partial charge is 0.492 e. The monoisotopic (exact) mass is 750 g/mol. The fourth-order valence-electron chi connectivity index (χ4n) is 5.87. The van der Waals surface area contributed by atoms with E-state index in [2.05, 4.69) is 64.1 Å². The van der Waals surface area contributed by atoms with Gasteiger partial charge in [0.25, 0.3) is 0 Å². The average Bonchev–Trinajstić information content (AvgIpc) is 3.93. The number of unbranched alkanes of at least 4 members (excludes halogenated alkanes) is 6. The smallest absolute Gasteiger partial charge is 0.138 e. The lowest BCUT2D eigenvalue weighted by Crippen LogP contribution is -1.96. The molecule has 1 aromatic carbocycles. The van der Waals surface area contributed by atoms with E-state index in [0.29, 0.717) is 0 Å². The number of hydrogen-bond acceptors (Lipinski definition) is 11. The minimum atomic E-state index is 0.753. The van der Waals surface area contributed by atoms with Crippen LogP contribution in [0.3, 0.4) is 0 Å². The van der Waals surface area contributed by atoms with Crippen molar-refractivity contribution in [2.75, 3.05) is 13.2 Å². The van der Waals surface area contributed by atoms with Gasteiger partial charge in [-0.3, -0.25) is 0 Å². The van der Waals surface area contributed by atoms with Gasteiger partial charge in [0.2, 0.25) is 0 Å². The van der Waals surface area contributed by atoms with Gasteiger partial charge < -0.3 is 9.47 Å². The maximum Gasteiger partial charge on any atom is 0.138 e. The van der Waals surface area contributed by atoms with Crippen molar-refractivity contribution in [1.82, 2.24) is 8.75 Å². The van der Waals surface area contributed by atoms with E-state index in [-0.39, 0.29) is 0 Å². The molecule has 250 valence electrons. The van der Waals surface area contributed by atoms with E-state index in [1.807, 2.05) is 0 Å². The van der Waals surface area contributed by atoms with Gasteiger partial charge in [0.05, 0.1) is 46.1 Å². The van der Waals surface area contributed by atoms with Crippen molar-refractivity contribution in [2.45, 2.75) is 79.1 Å². The molecule has 0 fully saturated rings. The molecule has 0 atom stereocenters. The van der Waals surface area contributed by atoms with E-state index in [1.165, 1.54) is 90.9 Å². The molecule has 7 rings (SSSR count). The van der Waals surface area contributed by atoms with E-state index in [0.717, 1.165) is 80.8 Å². The van der Waals surface area contributed by atoms with Crippen LogP contribution in [0.5, 0.6) is 11.5 Å². The molecular weight excluding hydrogens is 713 g/mol. The Kier molecular flexibility index (Phi) is 10.8. The number of rotatable bonds is 16. The first-order valence-corrected chi connectivity index (χ1v) is 21.4. The molecule has 0 aliphatic carbocycles. The molecule has 0 N–H and O–H groups in total. The van der Waals surface area contributed by atoms with Crippen LogP contribution < -0.4 is 9.47 Å². The van der Waals surface area contributed by atoms with Crippen LogP contribution in [-0.4, -0.2) is 22.0 Å². The molecule has 0 spiro atoms. The first-order valence-electron chi connectivity index (χ1n) is 16.6. The quantitative estimate of drug-likeness (QED) is 0.0922. The summed E-state index contributed by atoms with van der Waals surface area (Å²) in [5.41, 5.74) is 5.57. The zero-order chi connectivity index (χ0) is 33.0. The van der Waals surface area contributed by atoms with Gasteiger partial charge in [0.1, 0.15) is 33.9 Å². The highest BCUT2D eigenvalue weighted by Crippen LogP contribution is 2.56. The molecule has 48 heavy (non-hydrogen) atoms. The Morgan fingerprint density at radius 1 is 0.562 bits per heavy atom. The highest BCUT2D eigenvalue weighted by atomic mass is 32.1. The molecule has 1 aliphatic rings. The number of fused-ring (bicyclic) bond motifs is 2. The Balaban J connectivity index is 1.20. The Hall–Kier alpha value is -2.74. The van der Waals surface area contributed by atoms with Crippen LogP contribution in [-0.2, 0) is 11.4 Å². The van der Waals surface area contributed by atoms with Gasteiger partial charge >= 0.3 is 0 Å². The van der Waals surface area contributed by atoms with Crippen LogP contribution in [0.4, 0.5) is 11.4 Å². The molecule has 6 nitrogen and oxygen atoms in total. The fraction of sp³-hybridized carbons (Fsp3) is 0.389. The van der Waals surface area contributed by atoms with Gasteiger partial charge in [-0.05, 0) is 63.1 Å². The van der Waals surface area contributed by atoms with Gasteiger partial charge in [-0.1, -0.05) is 52.4 Å². The van der Waals surface area contributed by atoms with E-state index < -0.39 is 0 Å². The van der Waals surface area contributed by atoms with Crippen LogP contribution in [0.25, 0.3) is 51.4 Å². The number of ether oxygens (including phenoxy) is 2. The molecule has 0 amide bonds. The fourth-order valence-corrected chi connectivity index (χ4v) is 11.2. The molecule has 0 radical (unpaired) electrons. The molecular formula is C36H38N4O2S6. The number of thiophene rings is 4. The minimum Gasteiger partial charge on any atom is -0.492 e. The van der Waals surface area contributed by atoms with Crippen molar-refractivity contribution >= 4 is 90.8 Å². The van der Waals surface area contributed by atoms with Gasteiger partial charge in [-0.25, -0.2) is 0 Å². The van der Waals surface area contributed by atoms with Crippen LogP contribution in [0, 0.1) is 13.8 Å². The molecule has 0 saturated heterocycles. The van der Waals surface area contributed by atoms with Gasteiger partial charge in [-0.2, -0.15) is 17.5 Å². The third-order valence-corrected chi connectivity index (χ3v) is 13.9. The van der Waals surface area contributed by atoms with Crippen LogP contribution in [0.2, 0.25) is 0 Å². The van der Waals surface area contributed by atoms with Crippen molar-refractivity contribution < 1.29 is 9.47 Å². The van der Waals surface area contributed by atoms with Crippen LogP contribution in [0.15, 0.2) is 45.1 Å². The predicted octanol–water partition coefficient (Wildman–Crippen LogP) is 13.9. The van der Waals surface area contributed by atoms with Crippen molar-refractivity contribution in [2.24, 2.45) is 8.73 Å². The van der Waals surface area contributed by atoms with E-state index in [4.69, 9.17) is 26.9 Å². The molecule has 6 aromatic rings. The summed E-state index contributed by atoms with van der Waals surface area (Å²) in [4.78, 5) is 9.52. The van der Waals surface area contributed by atoms with Crippen LogP contribution >= 0.6 is 57.1 Å². The normalized spacial score (nSPS) is 12.2. The summed E-state index contributed by atoms with van der Waals surface area (Å²) < 4.78 is 32.0. The van der Waals surface area contributed by atoms with Crippen molar-refractivity contribution in [3.63, 3.8) is 0 Å². The Morgan fingerprint density at radius 2 is 1.02 bits per heavy atom. The highest BCUT2D eigenvalue weighted by Gasteiger charge is 2.28. The zero-order valence-electron chi connectivity index (χ0n) is 27.6. The summed E-state index contributed by atoms with van der Waals surface area (Å²) in [5, 5.41) is 0. The maximum absolute atomic E-state index is 6.30. The van der Waals surface area contributed by atoms with Gasteiger partial charge in [0.15, 0.2) is 0 Å². The molecule has 6 heterocycles. The number of nitrogens with zero attached hydrogens (tertiary/aromatic N) is 4. The lowest BCUT2D eigenvalue weighted by molar-refractivity contribution is 0.307. The van der Waals surface area contributed by atoms with Gasteiger partial charge in [0, 0.05) is 40.4 Å². The average molecular weight is 751 g/mol. The first-order chi connectivity index (χ1) is 23.6. The molecule has 1 aliphatic heterocycles. The van der Waals surface area contributed by atoms with Gasteiger partial charge in [-0.15, -0.1) is 45.3 Å². The molecule has 0 bridgehead atoms. The minimum absolute atomic E-state index is 0.753. The molecule has 5 aromatic heterocycles. The topological polar surface area (TPSA) is 69.0 Å². The van der Waals surface area contributed by atoms with E-state index >= 15 is 0 Å². The Bertz CT molecular complexity index is 1970. The Morgan fingerprint density at radius 3 is 1.48 bits per heavy atom. The first kappa shape index (κ1) is 33.7. The van der Waals surface area contributed by atoms with Crippen molar-refractivity contribution in [3.8, 4) is 51.9 Å². The molecule has 0 saturated carbocycles. The summed E-state index contributed by atoms with van der Waals surface area (Å²) in [6.07, 6.45) is 9.54. The summed E-state index contributed by atoms with van der Waals surface area (Å²) >= 11 is 9.61. The standard InChI is InChI=1S/C36H38N4O2S6/c1-5-7-9-11-17-41-23-19-21(3)43-35(23)27-15-13-25(45-27)29-31-33(39-47-37-31)30(34-32(29)38-48-40-34)26-14-16-28(46-26)36-24(20-22(4)44-36)42-18-12-10-8-6-2/h13-16,19-20H,5-12,17-18H2,1-4H3. The summed E-state index contributed by atoms with van der Waals surface area (Å²) in [7, 11) is 0. The molecule has 12 heteroatoms. The van der Waals surface area contributed by atoms with E-state index in [1.54, 1.807) is 45.3 Å². The SMILES string of the molecule is CCCCCCOc1cc(C)sc1-c1ccc(-c2c3c(c(-c4ccc(-c5sc(C)cc5OCCCCCC)s4)c4nsnc24)N=S=N3)s1. The Labute approximate surface area is 306 Å².